The molecule has 1 rings (SSSR count). The fourth-order valence-corrected chi connectivity index (χ4v) is 1.56. The number of carboxylic acid groups (broad SMARTS) is 1. The van der Waals surface area contributed by atoms with Crippen LogP contribution in [0.1, 0.15) is 23.7 Å². The van der Waals surface area contributed by atoms with Gasteiger partial charge in [-0.2, -0.15) is 0 Å². The molecule has 1 aromatic rings. The van der Waals surface area contributed by atoms with Gasteiger partial charge in [0, 0.05) is 6.42 Å². The number of aryl methyl sites for hydroxylation is 1. The third-order valence-corrected chi connectivity index (χ3v) is 2.69. The Bertz CT molecular complexity index is 439. The normalized spacial score (nSPS) is 13.6. The van der Waals surface area contributed by atoms with Crippen molar-refractivity contribution in [2.75, 3.05) is 7.11 Å². The number of rotatable bonds is 6. The summed E-state index contributed by atoms with van der Waals surface area (Å²) in [6.45, 7) is 0. The summed E-state index contributed by atoms with van der Waals surface area (Å²) >= 11 is 0. The molecule has 6 nitrogen and oxygen atoms in total. The van der Waals surface area contributed by atoms with E-state index in [1.807, 2.05) is 0 Å². The number of carbonyl (C=O) groups excluding carboxylic acids is 1. The largest absolute Gasteiger partial charge is 0.481 e. The fraction of sp³-hybridized carbons (Fsp3) is 0.385. The minimum atomic E-state index is -1.64. The standard InChI is InChI=1S/C13H16O6/c1-19-13(18)12(17)11(16)9-5-2-8(3-6-9)4-7-10(14)15/h2-3,5-6,11-12,16-17H,4,7H2,1H3,(H,14,15). The molecule has 2 unspecified atom stereocenters. The van der Waals surface area contributed by atoms with Gasteiger partial charge < -0.3 is 20.1 Å². The van der Waals surface area contributed by atoms with Crippen LogP contribution in [0, 0.1) is 0 Å². The van der Waals surface area contributed by atoms with E-state index >= 15 is 0 Å². The van der Waals surface area contributed by atoms with Gasteiger partial charge in [-0.15, -0.1) is 0 Å². The lowest BCUT2D eigenvalue weighted by atomic mass is 10.0. The lowest BCUT2D eigenvalue weighted by molar-refractivity contribution is -0.156. The van der Waals surface area contributed by atoms with Crippen LogP contribution in [0.4, 0.5) is 0 Å². The van der Waals surface area contributed by atoms with E-state index in [0.717, 1.165) is 12.7 Å². The van der Waals surface area contributed by atoms with Crippen LogP contribution >= 0.6 is 0 Å². The lowest BCUT2D eigenvalue weighted by Gasteiger charge is -2.16. The van der Waals surface area contributed by atoms with Crippen LogP contribution in [-0.4, -0.2) is 40.5 Å². The Hall–Kier alpha value is -1.92. The molecule has 19 heavy (non-hydrogen) atoms. The highest BCUT2D eigenvalue weighted by atomic mass is 16.5. The van der Waals surface area contributed by atoms with Crippen LogP contribution in [-0.2, 0) is 20.7 Å². The minimum Gasteiger partial charge on any atom is -0.481 e. The van der Waals surface area contributed by atoms with Crippen molar-refractivity contribution in [2.45, 2.75) is 25.0 Å². The first-order chi connectivity index (χ1) is 8.95. The Morgan fingerprint density at radius 3 is 2.26 bits per heavy atom. The van der Waals surface area contributed by atoms with Crippen molar-refractivity contribution in [1.82, 2.24) is 0 Å². The average Bonchev–Trinajstić information content (AvgIpc) is 2.43. The Balaban J connectivity index is 2.70. The highest BCUT2D eigenvalue weighted by Gasteiger charge is 2.26. The second-order valence-electron chi connectivity index (χ2n) is 4.05. The summed E-state index contributed by atoms with van der Waals surface area (Å²) in [4.78, 5) is 21.5. The molecule has 0 aliphatic heterocycles. The number of carboxylic acids is 1. The Kier molecular flexibility index (Phi) is 5.47. The van der Waals surface area contributed by atoms with Gasteiger partial charge in [0.1, 0.15) is 6.10 Å². The molecule has 0 fully saturated rings. The van der Waals surface area contributed by atoms with Gasteiger partial charge in [-0.3, -0.25) is 4.79 Å². The maximum Gasteiger partial charge on any atom is 0.337 e. The van der Waals surface area contributed by atoms with Gasteiger partial charge in [0.2, 0.25) is 0 Å². The van der Waals surface area contributed by atoms with Gasteiger partial charge in [-0.05, 0) is 17.5 Å². The Morgan fingerprint density at radius 1 is 1.21 bits per heavy atom. The summed E-state index contributed by atoms with van der Waals surface area (Å²) in [5.41, 5.74) is 1.16. The number of hydrogen-bond acceptors (Lipinski definition) is 5. The number of methoxy groups -OCH3 is 1. The van der Waals surface area contributed by atoms with Crippen LogP contribution in [0.25, 0.3) is 0 Å². The van der Waals surface area contributed by atoms with Gasteiger partial charge in [0.25, 0.3) is 0 Å². The van der Waals surface area contributed by atoms with Crippen molar-refractivity contribution in [2.24, 2.45) is 0 Å². The maximum atomic E-state index is 11.1. The molecule has 6 heteroatoms. The van der Waals surface area contributed by atoms with E-state index in [-0.39, 0.29) is 6.42 Å². The molecule has 3 N–H and O–H groups in total. The average molecular weight is 268 g/mol. The lowest BCUT2D eigenvalue weighted by Crippen LogP contribution is -2.29. The number of benzene rings is 1. The molecule has 0 aliphatic carbocycles. The maximum absolute atomic E-state index is 11.1. The van der Waals surface area contributed by atoms with E-state index in [2.05, 4.69) is 4.74 Å². The van der Waals surface area contributed by atoms with Crippen LogP contribution in [0.2, 0.25) is 0 Å². The summed E-state index contributed by atoms with van der Waals surface area (Å²) in [7, 11) is 1.12. The summed E-state index contributed by atoms with van der Waals surface area (Å²) in [5.74, 6) is -1.80. The number of aliphatic hydroxyl groups excluding tert-OH is 2. The van der Waals surface area contributed by atoms with E-state index < -0.39 is 24.1 Å². The highest BCUT2D eigenvalue weighted by molar-refractivity contribution is 5.75. The van der Waals surface area contributed by atoms with Crippen LogP contribution < -0.4 is 0 Å². The molecule has 0 radical (unpaired) electrons. The van der Waals surface area contributed by atoms with Gasteiger partial charge in [0.15, 0.2) is 6.10 Å². The van der Waals surface area contributed by atoms with Crippen LogP contribution in [0.5, 0.6) is 0 Å². The monoisotopic (exact) mass is 268 g/mol. The van der Waals surface area contributed by atoms with E-state index in [4.69, 9.17) is 5.11 Å². The second kappa shape index (κ2) is 6.86. The molecule has 0 heterocycles. The zero-order valence-corrected chi connectivity index (χ0v) is 10.4. The van der Waals surface area contributed by atoms with Gasteiger partial charge in [-0.25, -0.2) is 4.79 Å². The molecule has 0 aromatic heterocycles. The zero-order valence-electron chi connectivity index (χ0n) is 10.4. The third-order valence-electron chi connectivity index (χ3n) is 2.69. The number of carbonyl (C=O) groups is 2. The predicted octanol–water partition coefficient (Wildman–Crippen LogP) is 0.271. The van der Waals surface area contributed by atoms with Gasteiger partial charge >= 0.3 is 11.9 Å². The van der Waals surface area contributed by atoms with E-state index in [0.29, 0.717) is 12.0 Å². The minimum absolute atomic E-state index is 0.0205. The zero-order chi connectivity index (χ0) is 14.4. The molecule has 2 atom stereocenters. The smallest absolute Gasteiger partial charge is 0.337 e. The summed E-state index contributed by atoms with van der Waals surface area (Å²) < 4.78 is 4.33. The topological polar surface area (TPSA) is 104 Å². The highest BCUT2D eigenvalue weighted by Crippen LogP contribution is 2.18. The molecule has 0 spiro atoms. The third kappa shape index (κ3) is 4.35. The quantitative estimate of drug-likeness (QED) is 0.640. The molecule has 104 valence electrons. The molecular weight excluding hydrogens is 252 g/mol. The first-order valence-corrected chi connectivity index (χ1v) is 5.70. The molecule has 0 saturated carbocycles. The van der Waals surface area contributed by atoms with Gasteiger partial charge in [0.05, 0.1) is 7.11 Å². The van der Waals surface area contributed by atoms with Crippen molar-refractivity contribution in [3.8, 4) is 0 Å². The molecular formula is C13H16O6. The Morgan fingerprint density at radius 2 is 1.79 bits per heavy atom. The molecule has 0 bridgehead atoms. The summed E-state index contributed by atoms with van der Waals surface area (Å²) in [6, 6.07) is 6.36. The van der Waals surface area contributed by atoms with Crippen LogP contribution in [0.3, 0.4) is 0 Å². The fourth-order valence-electron chi connectivity index (χ4n) is 1.56. The van der Waals surface area contributed by atoms with E-state index in [1.54, 1.807) is 12.1 Å². The predicted molar refractivity (Wildman–Crippen MR) is 65.4 cm³/mol. The first kappa shape index (κ1) is 15.1. The number of hydrogen-bond donors (Lipinski definition) is 3. The number of aliphatic hydroxyl groups is 2. The number of aliphatic carboxylic acids is 1. The second-order valence-corrected chi connectivity index (χ2v) is 4.05. The van der Waals surface area contributed by atoms with Gasteiger partial charge in [-0.1, -0.05) is 24.3 Å². The van der Waals surface area contributed by atoms with Crippen LogP contribution in [0.15, 0.2) is 24.3 Å². The van der Waals surface area contributed by atoms with Crippen molar-refractivity contribution >= 4 is 11.9 Å². The van der Waals surface area contributed by atoms with Crippen molar-refractivity contribution in [3.63, 3.8) is 0 Å². The molecule has 0 saturated heterocycles. The van der Waals surface area contributed by atoms with E-state index in [9.17, 15) is 19.8 Å². The van der Waals surface area contributed by atoms with Crippen molar-refractivity contribution in [1.29, 1.82) is 0 Å². The summed E-state index contributed by atoms with van der Waals surface area (Å²) in [6.07, 6.45) is -2.62. The van der Waals surface area contributed by atoms with E-state index in [1.165, 1.54) is 12.1 Å². The molecule has 0 amide bonds. The van der Waals surface area contributed by atoms with Crippen molar-refractivity contribution < 1.29 is 29.6 Å². The molecule has 0 aliphatic rings. The Labute approximate surface area is 110 Å². The summed E-state index contributed by atoms with van der Waals surface area (Å²) in [5, 5.41) is 27.8. The number of esters is 1. The number of ether oxygens (including phenoxy) is 1. The van der Waals surface area contributed by atoms with Crippen molar-refractivity contribution in [3.05, 3.63) is 35.4 Å². The molecule has 1 aromatic carbocycles. The SMILES string of the molecule is COC(=O)C(O)C(O)c1ccc(CCC(=O)O)cc1. The first-order valence-electron chi connectivity index (χ1n) is 5.70.